The highest BCUT2D eigenvalue weighted by Crippen LogP contribution is 2.20. The zero-order chi connectivity index (χ0) is 14.9. The lowest BCUT2D eigenvalue weighted by atomic mass is 10.1. The van der Waals surface area contributed by atoms with Gasteiger partial charge in [-0.3, -0.25) is 4.68 Å². The van der Waals surface area contributed by atoms with Crippen LogP contribution in [0.1, 0.15) is 45.4 Å². The van der Waals surface area contributed by atoms with Crippen LogP contribution in [0.3, 0.4) is 0 Å². The molecule has 0 radical (unpaired) electrons. The Balaban J connectivity index is 1.80. The van der Waals surface area contributed by atoms with E-state index in [0.717, 1.165) is 23.6 Å². The summed E-state index contributed by atoms with van der Waals surface area (Å²) in [6.07, 6.45) is 9.80. The molecule has 1 heterocycles. The van der Waals surface area contributed by atoms with Crippen molar-refractivity contribution >= 4 is 0 Å². The van der Waals surface area contributed by atoms with Crippen molar-refractivity contribution in [2.24, 2.45) is 0 Å². The molecule has 0 amide bonds. The molecule has 21 heavy (non-hydrogen) atoms. The largest absolute Gasteiger partial charge is 0.497 e. The molecule has 4 nitrogen and oxygen atoms in total. The minimum absolute atomic E-state index is 0.859. The quantitative estimate of drug-likeness (QED) is 0.645. The third kappa shape index (κ3) is 4.88. The van der Waals surface area contributed by atoms with E-state index < -0.39 is 0 Å². The Kier molecular flexibility index (Phi) is 6.25. The van der Waals surface area contributed by atoms with Gasteiger partial charge in [0.1, 0.15) is 11.4 Å². The molecule has 2 aromatic rings. The first-order chi connectivity index (χ1) is 10.3. The number of unbranched alkanes of at least 4 members (excludes halogenated alkanes) is 5. The lowest BCUT2D eigenvalue weighted by molar-refractivity contribution is 0.415. The van der Waals surface area contributed by atoms with Crippen LogP contribution in [0.2, 0.25) is 0 Å². The van der Waals surface area contributed by atoms with Gasteiger partial charge in [0.25, 0.3) is 0 Å². The monoisotopic (exact) mass is 287 g/mol. The summed E-state index contributed by atoms with van der Waals surface area (Å²) in [5, 5.41) is 8.45. The summed E-state index contributed by atoms with van der Waals surface area (Å²) in [6, 6.07) is 7.92. The summed E-state index contributed by atoms with van der Waals surface area (Å²) in [7, 11) is 1.67. The topological polar surface area (TPSA) is 39.9 Å². The molecule has 0 aliphatic rings. The van der Waals surface area contributed by atoms with E-state index in [1.54, 1.807) is 7.11 Å². The van der Waals surface area contributed by atoms with Gasteiger partial charge in [-0.15, -0.1) is 5.10 Å². The lowest BCUT2D eigenvalue weighted by Crippen LogP contribution is -1.98. The van der Waals surface area contributed by atoms with E-state index in [1.807, 2.05) is 35.1 Å². The number of nitrogens with zero attached hydrogens (tertiary/aromatic N) is 3. The first-order valence-corrected chi connectivity index (χ1v) is 7.88. The van der Waals surface area contributed by atoms with E-state index in [1.165, 1.54) is 38.5 Å². The molecular weight excluding hydrogens is 262 g/mol. The molecule has 0 aliphatic carbocycles. The van der Waals surface area contributed by atoms with E-state index in [-0.39, 0.29) is 0 Å². The third-order valence-electron chi connectivity index (χ3n) is 3.67. The summed E-state index contributed by atoms with van der Waals surface area (Å²) >= 11 is 0. The highest BCUT2D eigenvalue weighted by Gasteiger charge is 2.04. The van der Waals surface area contributed by atoms with E-state index in [9.17, 15) is 0 Å². The highest BCUT2D eigenvalue weighted by atomic mass is 16.5. The van der Waals surface area contributed by atoms with E-state index in [4.69, 9.17) is 4.74 Å². The molecule has 0 N–H and O–H groups in total. The minimum Gasteiger partial charge on any atom is -0.497 e. The molecule has 0 atom stereocenters. The van der Waals surface area contributed by atoms with Crippen molar-refractivity contribution in [2.75, 3.05) is 7.11 Å². The van der Waals surface area contributed by atoms with Crippen LogP contribution < -0.4 is 4.74 Å². The van der Waals surface area contributed by atoms with Crippen LogP contribution in [-0.4, -0.2) is 22.1 Å². The zero-order valence-corrected chi connectivity index (χ0v) is 13.1. The molecule has 114 valence electrons. The van der Waals surface area contributed by atoms with E-state index in [2.05, 4.69) is 17.2 Å². The van der Waals surface area contributed by atoms with Crippen molar-refractivity contribution in [2.45, 2.75) is 52.0 Å². The minimum atomic E-state index is 0.859. The second kappa shape index (κ2) is 8.45. The fourth-order valence-corrected chi connectivity index (χ4v) is 2.36. The van der Waals surface area contributed by atoms with Crippen LogP contribution in [0.15, 0.2) is 30.5 Å². The maximum absolute atomic E-state index is 5.16. The van der Waals surface area contributed by atoms with Gasteiger partial charge < -0.3 is 4.74 Å². The molecule has 0 fully saturated rings. The van der Waals surface area contributed by atoms with Gasteiger partial charge in [-0.05, 0) is 30.7 Å². The smallest absolute Gasteiger partial charge is 0.118 e. The Labute approximate surface area is 127 Å². The van der Waals surface area contributed by atoms with Crippen LogP contribution in [-0.2, 0) is 6.54 Å². The Bertz CT molecular complexity index is 519. The molecule has 0 saturated carbocycles. The average molecular weight is 287 g/mol. The molecule has 0 aliphatic heterocycles. The van der Waals surface area contributed by atoms with Gasteiger partial charge >= 0.3 is 0 Å². The summed E-state index contributed by atoms with van der Waals surface area (Å²) in [5.41, 5.74) is 1.99. The summed E-state index contributed by atoms with van der Waals surface area (Å²) < 4.78 is 7.11. The number of ether oxygens (including phenoxy) is 1. The fraction of sp³-hybridized carbons (Fsp3) is 0.529. The normalized spacial score (nSPS) is 10.8. The molecule has 0 bridgehead atoms. The number of hydrogen-bond acceptors (Lipinski definition) is 3. The number of aryl methyl sites for hydroxylation is 1. The summed E-state index contributed by atoms with van der Waals surface area (Å²) in [5.74, 6) is 0.859. The maximum Gasteiger partial charge on any atom is 0.118 e. The molecule has 0 spiro atoms. The van der Waals surface area contributed by atoms with Crippen molar-refractivity contribution in [3.63, 3.8) is 0 Å². The first-order valence-electron chi connectivity index (χ1n) is 7.88. The van der Waals surface area contributed by atoms with Crippen molar-refractivity contribution < 1.29 is 4.74 Å². The van der Waals surface area contributed by atoms with Gasteiger partial charge in [-0.1, -0.05) is 44.2 Å². The van der Waals surface area contributed by atoms with Crippen LogP contribution in [0.5, 0.6) is 5.75 Å². The van der Waals surface area contributed by atoms with Gasteiger partial charge in [0.15, 0.2) is 0 Å². The van der Waals surface area contributed by atoms with Gasteiger partial charge in [0.05, 0.1) is 13.3 Å². The maximum atomic E-state index is 5.16. The fourth-order valence-electron chi connectivity index (χ4n) is 2.36. The van der Waals surface area contributed by atoms with E-state index >= 15 is 0 Å². The van der Waals surface area contributed by atoms with Crippen molar-refractivity contribution in [3.8, 4) is 17.0 Å². The summed E-state index contributed by atoms with van der Waals surface area (Å²) in [4.78, 5) is 0. The number of hydrogen-bond donors (Lipinski definition) is 0. The van der Waals surface area contributed by atoms with Gasteiger partial charge in [0, 0.05) is 12.1 Å². The highest BCUT2D eigenvalue weighted by molar-refractivity contribution is 5.58. The molecule has 0 saturated heterocycles. The third-order valence-corrected chi connectivity index (χ3v) is 3.67. The van der Waals surface area contributed by atoms with Crippen LogP contribution in [0, 0.1) is 0 Å². The number of rotatable bonds is 9. The Morgan fingerprint density at radius 2 is 1.71 bits per heavy atom. The predicted molar refractivity (Wildman–Crippen MR) is 85.4 cm³/mol. The van der Waals surface area contributed by atoms with Crippen LogP contribution >= 0.6 is 0 Å². The van der Waals surface area contributed by atoms with Crippen molar-refractivity contribution in [1.29, 1.82) is 0 Å². The van der Waals surface area contributed by atoms with Gasteiger partial charge in [0.2, 0.25) is 0 Å². The lowest BCUT2D eigenvalue weighted by Gasteiger charge is -2.01. The average Bonchev–Trinajstić information content (AvgIpc) is 3.00. The molecular formula is C17H25N3O. The Morgan fingerprint density at radius 3 is 2.43 bits per heavy atom. The van der Waals surface area contributed by atoms with Crippen molar-refractivity contribution in [3.05, 3.63) is 30.5 Å². The summed E-state index contributed by atoms with van der Waals surface area (Å²) in [6.45, 7) is 3.20. The van der Waals surface area contributed by atoms with E-state index in [0.29, 0.717) is 0 Å². The molecule has 4 heteroatoms. The van der Waals surface area contributed by atoms with Crippen molar-refractivity contribution in [1.82, 2.24) is 15.0 Å². The second-order valence-electron chi connectivity index (χ2n) is 5.36. The predicted octanol–water partition coefficient (Wildman–Crippen LogP) is 4.31. The number of benzene rings is 1. The second-order valence-corrected chi connectivity index (χ2v) is 5.36. The SMILES string of the molecule is CCCCCCCCn1cc(-c2ccc(OC)cc2)nn1. The van der Waals surface area contributed by atoms with Crippen LogP contribution in [0.4, 0.5) is 0 Å². The Morgan fingerprint density at radius 1 is 1.00 bits per heavy atom. The number of methoxy groups -OCH3 is 1. The molecule has 1 aromatic carbocycles. The molecule has 2 rings (SSSR count). The first kappa shape index (κ1) is 15.5. The molecule has 0 unspecified atom stereocenters. The van der Waals surface area contributed by atoms with Crippen LogP contribution in [0.25, 0.3) is 11.3 Å². The Hall–Kier alpha value is -1.84. The number of aromatic nitrogens is 3. The zero-order valence-electron chi connectivity index (χ0n) is 13.1. The molecule has 1 aromatic heterocycles. The standard InChI is InChI=1S/C17H25N3O/c1-3-4-5-6-7-8-13-20-14-17(18-19-20)15-9-11-16(21-2)12-10-15/h9-12,14H,3-8,13H2,1-2H3. The van der Waals surface area contributed by atoms with Gasteiger partial charge in [-0.2, -0.15) is 0 Å². The van der Waals surface area contributed by atoms with Gasteiger partial charge in [-0.25, -0.2) is 0 Å².